The largest absolute Gasteiger partial charge is 0.397 e. The zero-order chi connectivity index (χ0) is 13.2. The molecule has 0 aliphatic rings. The van der Waals surface area contributed by atoms with Gasteiger partial charge in [-0.1, -0.05) is 0 Å². The molecule has 3 N–H and O–H groups in total. The highest BCUT2D eigenvalue weighted by atomic mass is 32.1. The van der Waals surface area contributed by atoms with E-state index in [-0.39, 0.29) is 0 Å². The van der Waals surface area contributed by atoms with Crippen LogP contribution >= 0.6 is 11.3 Å². The van der Waals surface area contributed by atoms with Crippen molar-refractivity contribution >= 4 is 32.9 Å². The zero-order valence-corrected chi connectivity index (χ0v) is 11.4. The van der Waals surface area contributed by atoms with E-state index >= 15 is 0 Å². The average Bonchev–Trinajstić information content (AvgIpc) is 2.76. The SMILES string of the molecule is Cc1nc2cc(NCc3ccncc3)c(N)cc2s1. The summed E-state index contributed by atoms with van der Waals surface area (Å²) in [5, 5.41) is 4.40. The van der Waals surface area contributed by atoms with Gasteiger partial charge in [0.15, 0.2) is 0 Å². The number of thiazole rings is 1. The lowest BCUT2D eigenvalue weighted by molar-refractivity contribution is 1.13. The molecule has 1 aromatic carbocycles. The van der Waals surface area contributed by atoms with Crippen LogP contribution in [0.4, 0.5) is 11.4 Å². The molecule has 96 valence electrons. The molecule has 0 bridgehead atoms. The number of aromatic nitrogens is 2. The second kappa shape index (κ2) is 4.85. The van der Waals surface area contributed by atoms with Crippen molar-refractivity contribution in [3.05, 3.63) is 47.2 Å². The maximum absolute atomic E-state index is 6.06. The number of benzene rings is 1. The molecule has 0 atom stereocenters. The van der Waals surface area contributed by atoms with Crippen LogP contribution in [-0.4, -0.2) is 9.97 Å². The fourth-order valence-electron chi connectivity index (χ4n) is 1.96. The van der Waals surface area contributed by atoms with E-state index < -0.39 is 0 Å². The molecule has 0 saturated carbocycles. The van der Waals surface area contributed by atoms with Crippen molar-refractivity contribution in [3.63, 3.8) is 0 Å². The number of rotatable bonds is 3. The van der Waals surface area contributed by atoms with Crippen molar-refractivity contribution < 1.29 is 0 Å². The topological polar surface area (TPSA) is 63.8 Å². The lowest BCUT2D eigenvalue weighted by Gasteiger charge is -2.09. The van der Waals surface area contributed by atoms with E-state index in [1.165, 1.54) is 5.56 Å². The lowest BCUT2D eigenvalue weighted by atomic mass is 10.2. The molecule has 2 aromatic heterocycles. The van der Waals surface area contributed by atoms with Gasteiger partial charge < -0.3 is 11.1 Å². The third-order valence-electron chi connectivity index (χ3n) is 2.90. The summed E-state index contributed by atoms with van der Waals surface area (Å²) < 4.78 is 1.13. The van der Waals surface area contributed by atoms with Gasteiger partial charge in [-0.3, -0.25) is 4.98 Å². The van der Waals surface area contributed by atoms with Gasteiger partial charge in [0.05, 0.1) is 26.6 Å². The Morgan fingerprint density at radius 3 is 2.84 bits per heavy atom. The summed E-state index contributed by atoms with van der Waals surface area (Å²) in [6, 6.07) is 7.95. The molecule has 0 aliphatic heterocycles. The van der Waals surface area contributed by atoms with Crippen LogP contribution in [0.25, 0.3) is 10.2 Å². The summed E-state index contributed by atoms with van der Waals surface area (Å²) in [5.41, 5.74) is 9.91. The van der Waals surface area contributed by atoms with Crippen LogP contribution in [0.2, 0.25) is 0 Å². The fraction of sp³-hybridized carbons (Fsp3) is 0.143. The summed E-state index contributed by atoms with van der Waals surface area (Å²) in [5.74, 6) is 0. The van der Waals surface area contributed by atoms with Crippen LogP contribution in [0.3, 0.4) is 0 Å². The Morgan fingerprint density at radius 1 is 1.26 bits per heavy atom. The van der Waals surface area contributed by atoms with Crippen LogP contribution in [0.5, 0.6) is 0 Å². The first-order valence-corrected chi connectivity index (χ1v) is 6.83. The normalized spacial score (nSPS) is 10.8. The number of anilines is 2. The third-order valence-corrected chi connectivity index (χ3v) is 3.83. The Labute approximate surface area is 115 Å². The fourth-order valence-corrected chi connectivity index (χ4v) is 2.81. The van der Waals surface area contributed by atoms with E-state index in [0.29, 0.717) is 0 Å². The molecule has 0 fully saturated rings. The van der Waals surface area contributed by atoms with Crippen LogP contribution in [0.15, 0.2) is 36.7 Å². The van der Waals surface area contributed by atoms with Crippen LogP contribution < -0.4 is 11.1 Å². The van der Waals surface area contributed by atoms with Gasteiger partial charge in [-0.2, -0.15) is 0 Å². The molecule has 0 radical (unpaired) electrons. The summed E-state index contributed by atoms with van der Waals surface area (Å²) in [6.07, 6.45) is 3.57. The van der Waals surface area contributed by atoms with Gasteiger partial charge >= 0.3 is 0 Å². The van der Waals surface area contributed by atoms with E-state index in [4.69, 9.17) is 5.73 Å². The van der Waals surface area contributed by atoms with Crippen molar-refractivity contribution in [2.45, 2.75) is 13.5 Å². The van der Waals surface area contributed by atoms with Crippen molar-refractivity contribution in [2.75, 3.05) is 11.1 Å². The number of aryl methyl sites for hydroxylation is 1. The van der Waals surface area contributed by atoms with E-state index in [1.807, 2.05) is 31.2 Å². The Bertz CT molecular complexity index is 706. The minimum Gasteiger partial charge on any atom is -0.397 e. The van der Waals surface area contributed by atoms with Gasteiger partial charge in [-0.15, -0.1) is 11.3 Å². The zero-order valence-electron chi connectivity index (χ0n) is 10.6. The molecule has 0 unspecified atom stereocenters. The molecular weight excluding hydrogens is 256 g/mol. The monoisotopic (exact) mass is 270 g/mol. The quantitative estimate of drug-likeness (QED) is 0.717. The van der Waals surface area contributed by atoms with Crippen molar-refractivity contribution in [2.24, 2.45) is 0 Å². The van der Waals surface area contributed by atoms with Gasteiger partial charge in [0.1, 0.15) is 0 Å². The Hall–Kier alpha value is -2.14. The smallest absolute Gasteiger partial charge is 0.0907 e. The number of nitrogens with two attached hydrogens (primary N) is 1. The number of hydrogen-bond donors (Lipinski definition) is 2. The number of nitrogens with zero attached hydrogens (tertiary/aromatic N) is 2. The molecule has 19 heavy (non-hydrogen) atoms. The van der Waals surface area contributed by atoms with Gasteiger partial charge in [-0.25, -0.2) is 4.98 Å². The van der Waals surface area contributed by atoms with Crippen molar-refractivity contribution in [1.29, 1.82) is 0 Å². The molecule has 2 heterocycles. The van der Waals surface area contributed by atoms with Crippen molar-refractivity contribution in [1.82, 2.24) is 9.97 Å². The molecular formula is C14H14N4S. The number of fused-ring (bicyclic) bond motifs is 1. The Balaban J connectivity index is 1.86. The first kappa shape index (κ1) is 11.9. The number of nitrogen functional groups attached to an aromatic ring is 1. The third kappa shape index (κ3) is 2.51. The Morgan fingerprint density at radius 2 is 2.05 bits per heavy atom. The highest BCUT2D eigenvalue weighted by Gasteiger charge is 2.06. The standard InChI is InChI=1S/C14H14N4S/c1-9-18-13-7-12(11(15)6-14(13)19-9)17-8-10-2-4-16-5-3-10/h2-7,17H,8,15H2,1H3. The number of nitrogens with one attached hydrogen (secondary N) is 1. The van der Waals surface area contributed by atoms with Crippen LogP contribution in [-0.2, 0) is 6.54 Å². The van der Waals surface area contributed by atoms with E-state index in [0.717, 1.165) is 33.1 Å². The van der Waals surface area contributed by atoms with Gasteiger partial charge in [-0.05, 0) is 36.8 Å². The molecule has 0 aliphatic carbocycles. The number of hydrogen-bond acceptors (Lipinski definition) is 5. The second-order valence-electron chi connectivity index (χ2n) is 4.35. The first-order valence-electron chi connectivity index (χ1n) is 6.02. The van der Waals surface area contributed by atoms with Gasteiger partial charge in [0.2, 0.25) is 0 Å². The second-order valence-corrected chi connectivity index (χ2v) is 5.58. The molecule has 0 saturated heterocycles. The summed E-state index contributed by atoms with van der Waals surface area (Å²) in [6.45, 7) is 2.73. The maximum atomic E-state index is 6.06. The summed E-state index contributed by atoms with van der Waals surface area (Å²) in [7, 11) is 0. The van der Waals surface area contributed by atoms with E-state index in [2.05, 4.69) is 15.3 Å². The van der Waals surface area contributed by atoms with Gasteiger partial charge in [0, 0.05) is 18.9 Å². The lowest BCUT2D eigenvalue weighted by Crippen LogP contribution is -2.02. The molecule has 0 spiro atoms. The molecule has 4 nitrogen and oxygen atoms in total. The highest BCUT2D eigenvalue weighted by Crippen LogP contribution is 2.29. The first-order chi connectivity index (χ1) is 9.22. The number of pyridine rings is 1. The molecule has 3 rings (SSSR count). The molecule has 3 aromatic rings. The highest BCUT2D eigenvalue weighted by molar-refractivity contribution is 7.18. The molecule has 0 amide bonds. The summed E-state index contributed by atoms with van der Waals surface area (Å²) >= 11 is 1.66. The predicted molar refractivity (Wildman–Crippen MR) is 80.3 cm³/mol. The van der Waals surface area contributed by atoms with Crippen LogP contribution in [0, 0.1) is 6.92 Å². The minimum absolute atomic E-state index is 0.724. The average molecular weight is 270 g/mol. The van der Waals surface area contributed by atoms with E-state index in [1.54, 1.807) is 23.7 Å². The Kier molecular flexibility index (Phi) is 3.05. The van der Waals surface area contributed by atoms with Crippen molar-refractivity contribution in [3.8, 4) is 0 Å². The maximum Gasteiger partial charge on any atom is 0.0907 e. The molecule has 5 heteroatoms. The predicted octanol–water partition coefficient (Wildman–Crippen LogP) is 3.19. The minimum atomic E-state index is 0.724. The van der Waals surface area contributed by atoms with Crippen LogP contribution in [0.1, 0.15) is 10.6 Å². The van der Waals surface area contributed by atoms with Gasteiger partial charge in [0.25, 0.3) is 0 Å². The van der Waals surface area contributed by atoms with E-state index in [9.17, 15) is 0 Å². The summed E-state index contributed by atoms with van der Waals surface area (Å²) in [4.78, 5) is 8.48.